The standard InChI is InChI=1S/C34H62O4/c1-3-5-6-7-8-9-10-11-12-13-14-15-16-17-18-19-20-21-22-23-24-25-26-27-28-29-32(31-33(35)36)34(37)38-30-4-2/h4,7-8,32H,2-3,5-6,9-31H2,1H3,(H,35,36)/b8-7+. The summed E-state index contributed by atoms with van der Waals surface area (Å²) in [5.41, 5.74) is 0. The average molecular weight is 535 g/mol. The van der Waals surface area contributed by atoms with Gasteiger partial charge in [0.05, 0.1) is 12.3 Å². The summed E-state index contributed by atoms with van der Waals surface area (Å²) >= 11 is 0. The third-order valence-corrected chi connectivity index (χ3v) is 7.41. The molecular formula is C34H62O4. The van der Waals surface area contributed by atoms with Gasteiger partial charge in [0, 0.05) is 0 Å². The minimum absolute atomic E-state index is 0.145. The van der Waals surface area contributed by atoms with Crippen molar-refractivity contribution in [3.8, 4) is 0 Å². The molecule has 0 rings (SSSR count). The summed E-state index contributed by atoms with van der Waals surface area (Å²) in [5.74, 6) is -1.88. The maximum absolute atomic E-state index is 12.0. The zero-order valence-corrected chi connectivity index (χ0v) is 25.1. The highest BCUT2D eigenvalue weighted by Crippen LogP contribution is 2.18. The van der Waals surface area contributed by atoms with Crippen molar-refractivity contribution in [2.45, 2.75) is 167 Å². The van der Waals surface area contributed by atoms with Crippen LogP contribution in [0.4, 0.5) is 0 Å². The first-order chi connectivity index (χ1) is 18.6. The van der Waals surface area contributed by atoms with Crippen molar-refractivity contribution in [1.82, 2.24) is 0 Å². The third-order valence-electron chi connectivity index (χ3n) is 7.41. The number of carboxylic acids is 1. The largest absolute Gasteiger partial charge is 0.481 e. The number of hydrogen-bond donors (Lipinski definition) is 1. The van der Waals surface area contributed by atoms with Crippen LogP contribution in [0.3, 0.4) is 0 Å². The Morgan fingerprint density at radius 2 is 1.05 bits per heavy atom. The zero-order valence-electron chi connectivity index (χ0n) is 25.1. The van der Waals surface area contributed by atoms with Gasteiger partial charge in [-0.05, 0) is 25.7 Å². The average Bonchev–Trinajstić information content (AvgIpc) is 2.90. The summed E-state index contributed by atoms with van der Waals surface area (Å²) in [6.45, 7) is 5.92. The molecule has 0 aliphatic heterocycles. The number of allylic oxidation sites excluding steroid dienone is 2. The van der Waals surface area contributed by atoms with Crippen molar-refractivity contribution in [3.63, 3.8) is 0 Å². The van der Waals surface area contributed by atoms with Gasteiger partial charge < -0.3 is 9.84 Å². The molecule has 0 spiro atoms. The molecule has 0 fully saturated rings. The SMILES string of the molecule is C=CCOC(=O)C(CCCCCCCCCCCCCCCCCCCCC/C=C/CCCC)CC(=O)O. The predicted octanol–water partition coefficient (Wildman–Crippen LogP) is 10.7. The van der Waals surface area contributed by atoms with E-state index in [0.29, 0.717) is 6.42 Å². The van der Waals surface area contributed by atoms with E-state index >= 15 is 0 Å². The van der Waals surface area contributed by atoms with Crippen LogP contribution >= 0.6 is 0 Å². The fraction of sp³-hybridized carbons (Fsp3) is 0.824. The second-order valence-corrected chi connectivity index (χ2v) is 11.1. The van der Waals surface area contributed by atoms with E-state index < -0.39 is 17.9 Å². The summed E-state index contributed by atoms with van der Waals surface area (Å²) in [4.78, 5) is 23.0. The zero-order chi connectivity index (χ0) is 27.9. The van der Waals surface area contributed by atoms with E-state index in [4.69, 9.17) is 9.84 Å². The number of rotatable bonds is 30. The molecule has 0 saturated heterocycles. The van der Waals surface area contributed by atoms with Crippen LogP contribution in [0.15, 0.2) is 24.8 Å². The predicted molar refractivity (Wildman–Crippen MR) is 163 cm³/mol. The Morgan fingerprint density at radius 1 is 0.658 bits per heavy atom. The van der Waals surface area contributed by atoms with E-state index in [1.165, 1.54) is 134 Å². The normalized spacial score (nSPS) is 12.1. The first-order valence-corrected chi connectivity index (χ1v) is 16.3. The van der Waals surface area contributed by atoms with Crippen LogP contribution in [-0.4, -0.2) is 23.7 Å². The van der Waals surface area contributed by atoms with E-state index in [2.05, 4.69) is 25.7 Å². The molecule has 1 N–H and O–H groups in total. The van der Waals surface area contributed by atoms with Crippen molar-refractivity contribution in [3.05, 3.63) is 24.8 Å². The molecule has 4 nitrogen and oxygen atoms in total. The van der Waals surface area contributed by atoms with Gasteiger partial charge in [-0.1, -0.05) is 160 Å². The number of esters is 1. The van der Waals surface area contributed by atoms with Crippen LogP contribution in [0.5, 0.6) is 0 Å². The molecule has 0 saturated carbocycles. The van der Waals surface area contributed by atoms with Crippen LogP contribution in [0.25, 0.3) is 0 Å². The number of unbranched alkanes of at least 4 members (excludes halogenated alkanes) is 21. The number of carbonyl (C=O) groups is 2. The van der Waals surface area contributed by atoms with Crippen molar-refractivity contribution in [2.24, 2.45) is 5.92 Å². The lowest BCUT2D eigenvalue weighted by Gasteiger charge is -2.13. The van der Waals surface area contributed by atoms with Crippen molar-refractivity contribution >= 4 is 11.9 Å². The molecule has 1 unspecified atom stereocenters. The highest BCUT2D eigenvalue weighted by Gasteiger charge is 2.22. The molecular weight excluding hydrogens is 472 g/mol. The van der Waals surface area contributed by atoms with E-state index in [0.717, 1.165) is 19.3 Å². The molecule has 1 atom stereocenters. The van der Waals surface area contributed by atoms with Gasteiger partial charge in [-0.15, -0.1) is 0 Å². The molecule has 0 aliphatic carbocycles. The van der Waals surface area contributed by atoms with Crippen LogP contribution in [0.1, 0.15) is 167 Å². The van der Waals surface area contributed by atoms with Gasteiger partial charge in [-0.3, -0.25) is 9.59 Å². The molecule has 0 radical (unpaired) electrons. The van der Waals surface area contributed by atoms with Gasteiger partial charge in [0.1, 0.15) is 6.61 Å². The number of carbonyl (C=O) groups excluding carboxylic acids is 1. The van der Waals surface area contributed by atoms with Crippen molar-refractivity contribution < 1.29 is 19.4 Å². The lowest BCUT2D eigenvalue weighted by Crippen LogP contribution is -2.21. The Labute approximate surface area is 236 Å². The van der Waals surface area contributed by atoms with E-state index in [-0.39, 0.29) is 13.0 Å². The fourth-order valence-electron chi connectivity index (χ4n) is 4.99. The lowest BCUT2D eigenvalue weighted by atomic mass is 9.97. The third kappa shape index (κ3) is 27.5. The number of aliphatic carboxylic acids is 1. The number of ether oxygens (including phenoxy) is 1. The van der Waals surface area contributed by atoms with Crippen molar-refractivity contribution in [1.29, 1.82) is 0 Å². The van der Waals surface area contributed by atoms with Gasteiger partial charge >= 0.3 is 11.9 Å². The van der Waals surface area contributed by atoms with Gasteiger partial charge in [0.15, 0.2) is 0 Å². The maximum atomic E-state index is 12.0. The van der Waals surface area contributed by atoms with Crippen LogP contribution in [0, 0.1) is 5.92 Å². The molecule has 0 aliphatic rings. The summed E-state index contributed by atoms with van der Waals surface area (Å²) in [6.07, 6.45) is 37.1. The monoisotopic (exact) mass is 534 g/mol. The first kappa shape index (κ1) is 36.4. The van der Waals surface area contributed by atoms with Gasteiger partial charge in [0.2, 0.25) is 0 Å². The molecule has 0 bridgehead atoms. The molecule has 0 aromatic rings. The van der Waals surface area contributed by atoms with Gasteiger partial charge in [-0.2, -0.15) is 0 Å². The molecule has 0 aromatic heterocycles. The minimum atomic E-state index is -0.941. The second-order valence-electron chi connectivity index (χ2n) is 11.1. The van der Waals surface area contributed by atoms with E-state index in [1.807, 2.05) is 0 Å². The Hall–Kier alpha value is -1.58. The smallest absolute Gasteiger partial charge is 0.309 e. The summed E-state index contributed by atoms with van der Waals surface area (Å²) in [5, 5.41) is 9.02. The quantitative estimate of drug-likeness (QED) is 0.0565. The summed E-state index contributed by atoms with van der Waals surface area (Å²) in [7, 11) is 0. The Morgan fingerprint density at radius 3 is 1.45 bits per heavy atom. The summed E-state index contributed by atoms with van der Waals surface area (Å²) in [6, 6.07) is 0. The van der Waals surface area contributed by atoms with Gasteiger partial charge in [-0.25, -0.2) is 0 Å². The Balaban J connectivity index is 3.34. The highest BCUT2D eigenvalue weighted by molar-refractivity contribution is 5.79. The van der Waals surface area contributed by atoms with Crippen LogP contribution in [0.2, 0.25) is 0 Å². The molecule has 4 heteroatoms. The Kier molecular flexibility index (Phi) is 28.7. The minimum Gasteiger partial charge on any atom is -0.481 e. The van der Waals surface area contributed by atoms with Crippen LogP contribution < -0.4 is 0 Å². The second kappa shape index (κ2) is 30.0. The van der Waals surface area contributed by atoms with E-state index in [1.54, 1.807) is 0 Å². The molecule has 0 heterocycles. The summed E-state index contributed by atoms with van der Waals surface area (Å²) < 4.78 is 5.04. The first-order valence-electron chi connectivity index (χ1n) is 16.3. The lowest BCUT2D eigenvalue weighted by molar-refractivity contribution is -0.152. The Bertz CT molecular complexity index is 569. The number of hydrogen-bond acceptors (Lipinski definition) is 3. The van der Waals surface area contributed by atoms with Crippen molar-refractivity contribution in [2.75, 3.05) is 6.61 Å². The van der Waals surface area contributed by atoms with Gasteiger partial charge in [0.25, 0.3) is 0 Å². The molecule has 38 heavy (non-hydrogen) atoms. The molecule has 0 aromatic carbocycles. The van der Waals surface area contributed by atoms with Crippen LogP contribution in [-0.2, 0) is 14.3 Å². The maximum Gasteiger partial charge on any atom is 0.309 e. The molecule has 0 amide bonds. The highest BCUT2D eigenvalue weighted by atomic mass is 16.5. The fourth-order valence-corrected chi connectivity index (χ4v) is 4.99. The number of carboxylic acid groups (broad SMARTS) is 1. The molecule has 222 valence electrons. The van der Waals surface area contributed by atoms with E-state index in [9.17, 15) is 9.59 Å². The topological polar surface area (TPSA) is 63.6 Å².